The van der Waals surface area contributed by atoms with Gasteiger partial charge < -0.3 is 4.74 Å². The van der Waals surface area contributed by atoms with Crippen LogP contribution in [0.3, 0.4) is 0 Å². The Bertz CT molecular complexity index is 81.3. The van der Waals surface area contributed by atoms with Crippen molar-refractivity contribution < 1.29 is 4.74 Å². The van der Waals surface area contributed by atoms with E-state index in [9.17, 15) is 0 Å². The lowest BCUT2D eigenvalue weighted by molar-refractivity contribution is -0.0163. The molecule has 0 unspecified atom stereocenters. The first-order chi connectivity index (χ1) is 4.62. The predicted molar refractivity (Wildman–Crippen MR) is 45.7 cm³/mol. The number of ether oxygens (including phenoxy) is 1. The number of halogens is 1. The van der Waals surface area contributed by atoms with E-state index in [-0.39, 0.29) is 5.60 Å². The summed E-state index contributed by atoms with van der Waals surface area (Å²) in [5, 5.41) is 0. The molecule has 0 radical (unpaired) electrons. The fourth-order valence-corrected chi connectivity index (χ4v) is 1.09. The van der Waals surface area contributed by atoms with Gasteiger partial charge in [0.2, 0.25) is 0 Å². The smallest absolute Gasteiger partial charge is 0.0626 e. The number of rotatable bonds is 5. The fraction of sp³-hybridized carbons (Fsp3) is 1.00. The van der Waals surface area contributed by atoms with Gasteiger partial charge in [0.25, 0.3) is 0 Å². The molecule has 0 amide bonds. The number of hydrogen-bond donors (Lipinski definition) is 0. The Morgan fingerprint density at radius 2 is 2.00 bits per heavy atom. The molecule has 0 aliphatic rings. The average Bonchev–Trinajstić information content (AvgIpc) is 1.84. The second-order valence-corrected chi connectivity index (χ2v) is 3.36. The molecule has 0 fully saturated rings. The Kier molecular flexibility index (Phi) is 5.10. The molecule has 0 heterocycles. The van der Waals surface area contributed by atoms with Crippen molar-refractivity contribution in [3.05, 3.63) is 0 Å². The van der Waals surface area contributed by atoms with Gasteiger partial charge in [-0.15, -0.1) is 11.6 Å². The van der Waals surface area contributed by atoms with Crippen molar-refractivity contribution in [3.63, 3.8) is 0 Å². The molecule has 0 aliphatic heterocycles. The molecule has 0 atom stereocenters. The molecule has 0 saturated carbocycles. The topological polar surface area (TPSA) is 9.23 Å². The first-order valence-electron chi connectivity index (χ1n) is 3.82. The van der Waals surface area contributed by atoms with Gasteiger partial charge >= 0.3 is 0 Å². The highest BCUT2D eigenvalue weighted by Gasteiger charge is 2.15. The van der Waals surface area contributed by atoms with Crippen molar-refractivity contribution in [1.82, 2.24) is 0 Å². The zero-order valence-electron chi connectivity index (χ0n) is 7.11. The van der Waals surface area contributed by atoms with Crippen molar-refractivity contribution in [2.45, 2.75) is 39.2 Å². The highest BCUT2D eigenvalue weighted by molar-refractivity contribution is 6.17. The molecule has 1 nitrogen and oxygen atoms in total. The highest BCUT2D eigenvalue weighted by Crippen LogP contribution is 2.16. The average molecular weight is 165 g/mol. The molecule has 0 aliphatic carbocycles. The zero-order valence-corrected chi connectivity index (χ0v) is 7.87. The largest absolute Gasteiger partial charge is 0.376 e. The molecule has 0 bridgehead atoms. The standard InChI is InChI=1S/C8H17ClO/c1-4-10-8(2,3)6-5-7-9/h4-7H2,1-3H3. The Morgan fingerprint density at radius 3 is 2.40 bits per heavy atom. The Morgan fingerprint density at radius 1 is 1.40 bits per heavy atom. The second-order valence-electron chi connectivity index (χ2n) is 2.99. The third-order valence-corrected chi connectivity index (χ3v) is 1.71. The minimum absolute atomic E-state index is 0.0175. The van der Waals surface area contributed by atoms with Crippen LogP contribution in [-0.4, -0.2) is 18.1 Å². The van der Waals surface area contributed by atoms with Gasteiger partial charge in [0, 0.05) is 12.5 Å². The van der Waals surface area contributed by atoms with Crippen LogP contribution in [0.1, 0.15) is 33.6 Å². The summed E-state index contributed by atoms with van der Waals surface area (Å²) >= 11 is 5.55. The summed E-state index contributed by atoms with van der Waals surface area (Å²) < 4.78 is 5.47. The maximum absolute atomic E-state index is 5.55. The van der Waals surface area contributed by atoms with E-state index in [1.54, 1.807) is 0 Å². The molecule has 0 rings (SSSR count). The molecule has 0 saturated heterocycles. The van der Waals surface area contributed by atoms with Gasteiger partial charge in [-0.25, -0.2) is 0 Å². The van der Waals surface area contributed by atoms with Gasteiger partial charge in [0.05, 0.1) is 5.60 Å². The summed E-state index contributed by atoms with van der Waals surface area (Å²) in [6.07, 6.45) is 2.08. The van der Waals surface area contributed by atoms with E-state index < -0.39 is 0 Å². The molecular formula is C8H17ClO. The van der Waals surface area contributed by atoms with Crippen molar-refractivity contribution in [3.8, 4) is 0 Å². The Hall–Kier alpha value is 0.250. The van der Waals surface area contributed by atoms with E-state index in [4.69, 9.17) is 16.3 Å². The van der Waals surface area contributed by atoms with Crippen LogP contribution in [0.15, 0.2) is 0 Å². The van der Waals surface area contributed by atoms with E-state index in [1.807, 2.05) is 6.92 Å². The molecule has 0 aromatic heterocycles. The van der Waals surface area contributed by atoms with Crippen LogP contribution in [-0.2, 0) is 4.74 Å². The lowest BCUT2D eigenvalue weighted by Crippen LogP contribution is -2.24. The Balaban J connectivity index is 3.42. The van der Waals surface area contributed by atoms with E-state index in [0.717, 1.165) is 25.3 Å². The first-order valence-corrected chi connectivity index (χ1v) is 4.36. The van der Waals surface area contributed by atoms with Crippen LogP contribution in [0.4, 0.5) is 0 Å². The molecule has 0 spiro atoms. The molecule has 10 heavy (non-hydrogen) atoms. The Labute approximate surface area is 68.7 Å². The lowest BCUT2D eigenvalue weighted by Gasteiger charge is -2.23. The van der Waals surface area contributed by atoms with Crippen molar-refractivity contribution in [1.29, 1.82) is 0 Å². The van der Waals surface area contributed by atoms with Crippen molar-refractivity contribution >= 4 is 11.6 Å². The van der Waals surface area contributed by atoms with Gasteiger partial charge in [0.1, 0.15) is 0 Å². The third kappa shape index (κ3) is 5.07. The summed E-state index contributed by atoms with van der Waals surface area (Å²) in [7, 11) is 0. The maximum atomic E-state index is 5.55. The van der Waals surface area contributed by atoms with E-state index in [0.29, 0.717) is 0 Å². The third-order valence-electron chi connectivity index (χ3n) is 1.45. The first kappa shape index (κ1) is 10.2. The molecular weight excluding hydrogens is 148 g/mol. The van der Waals surface area contributed by atoms with Gasteiger partial charge in [-0.3, -0.25) is 0 Å². The van der Waals surface area contributed by atoms with Crippen LogP contribution in [0, 0.1) is 0 Å². The molecule has 2 heteroatoms. The van der Waals surface area contributed by atoms with Crippen LogP contribution >= 0.6 is 11.6 Å². The normalized spacial score (nSPS) is 12.0. The minimum Gasteiger partial charge on any atom is -0.376 e. The van der Waals surface area contributed by atoms with E-state index in [2.05, 4.69) is 13.8 Å². The molecule has 0 N–H and O–H groups in total. The summed E-state index contributed by atoms with van der Waals surface area (Å²) in [5.41, 5.74) is 0.0175. The van der Waals surface area contributed by atoms with Crippen LogP contribution in [0.5, 0.6) is 0 Å². The SMILES string of the molecule is CCOC(C)(C)CCCCl. The fourth-order valence-electron chi connectivity index (χ4n) is 0.955. The van der Waals surface area contributed by atoms with Gasteiger partial charge in [-0.1, -0.05) is 0 Å². The summed E-state index contributed by atoms with van der Waals surface area (Å²) in [5.74, 6) is 0.733. The van der Waals surface area contributed by atoms with Crippen molar-refractivity contribution in [2.75, 3.05) is 12.5 Å². The van der Waals surface area contributed by atoms with E-state index in [1.165, 1.54) is 0 Å². The van der Waals surface area contributed by atoms with Gasteiger partial charge in [0.15, 0.2) is 0 Å². The summed E-state index contributed by atoms with van der Waals surface area (Å²) in [4.78, 5) is 0. The van der Waals surface area contributed by atoms with Crippen LogP contribution < -0.4 is 0 Å². The monoisotopic (exact) mass is 164 g/mol. The number of alkyl halides is 1. The predicted octanol–water partition coefficient (Wildman–Crippen LogP) is 2.82. The van der Waals surface area contributed by atoms with Gasteiger partial charge in [-0.2, -0.15) is 0 Å². The lowest BCUT2D eigenvalue weighted by atomic mass is 10.0. The summed E-state index contributed by atoms with van der Waals surface area (Å²) in [6.45, 7) is 7.00. The van der Waals surface area contributed by atoms with Crippen molar-refractivity contribution in [2.24, 2.45) is 0 Å². The molecule has 62 valence electrons. The molecule has 0 aromatic rings. The molecule has 0 aromatic carbocycles. The quantitative estimate of drug-likeness (QED) is 0.568. The minimum atomic E-state index is 0.0175. The summed E-state index contributed by atoms with van der Waals surface area (Å²) in [6, 6.07) is 0. The van der Waals surface area contributed by atoms with Gasteiger partial charge in [-0.05, 0) is 33.6 Å². The van der Waals surface area contributed by atoms with Crippen LogP contribution in [0.2, 0.25) is 0 Å². The maximum Gasteiger partial charge on any atom is 0.0626 e. The second kappa shape index (κ2) is 4.97. The number of hydrogen-bond acceptors (Lipinski definition) is 1. The van der Waals surface area contributed by atoms with E-state index >= 15 is 0 Å². The van der Waals surface area contributed by atoms with Crippen LogP contribution in [0.25, 0.3) is 0 Å². The highest BCUT2D eigenvalue weighted by atomic mass is 35.5. The zero-order chi connectivity index (χ0) is 8.04.